The fraction of sp³-hybridized carbons (Fsp3) is 0.625. The van der Waals surface area contributed by atoms with Crippen molar-refractivity contribution in [3.63, 3.8) is 0 Å². The van der Waals surface area contributed by atoms with Crippen LogP contribution < -0.4 is 5.73 Å². The molecule has 0 saturated heterocycles. The molecule has 2 N–H and O–H groups in total. The Bertz CT molecular complexity index is 246. The molecule has 0 amide bonds. The predicted octanol–water partition coefficient (Wildman–Crippen LogP) is -0.0855. The Balaban J connectivity index is 2.20. The summed E-state index contributed by atoms with van der Waals surface area (Å²) in [5.41, 5.74) is 6.52. The molecule has 0 aromatic carbocycles. The van der Waals surface area contributed by atoms with Crippen molar-refractivity contribution in [3.8, 4) is 0 Å². The molecule has 0 bridgehead atoms. The van der Waals surface area contributed by atoms with E-state index in [9.17, 15) is 0 Å². The number of imidazole rings is 1. The van der Waals surface area contributed by atoms with Crippen LogP contribution in [0.4, 0.5) is 0 Å². The molecule has 1 aliphatic heterocycles. The highest BCUT2D eigenvalue weighted by molar-refractivity contribution is 5.05. The Hall–Kier alpha value is -0.870. The van der Waals surface area contributed by atoms with Crippen LogP contribution in [0.1, 0.15) is 11.5 Å². The van der Waals surface area contributed by atoms with Gasteiger partial charge in [0.1, 0.15) is 12.4 Å². The molecule has 0 spiro atoms. The third-order valence-corrected chi connectivity index (χ3v) is 2.02. The fourth-order valence-corrected chi connectivity index (χ4v) is 1.42. The first-order valence-electron chi connectivity index (χ1n) is 4.23. The van der Waals surface area contributed by atoms with Crippen LogP contribution in [0.2, 0.25) is 0 Å². The van der Waals surface area contributed by atoms with Crippen molar-refractivity contribution in [2.75, 3.05) is 13.2 Å². The maximum Gasteiger partial charge on any atom is 0.135 e. The van der Waals surface area contributed by atoms with Crippen LogP contribution >= 0.6 is 0 Å². The Morgan fingerprint density at radius 1 is 1.67 bits per heavy atom. The topological polar surface area (TPSA) is 53.1 Å². The van der Waals surface area contributed by atoms with Crippen molar-refractivity contribution < 1.29 is 4.74 Å². The van der Waals surface area contributed by atoms with Gasteiger partial charge in [-0.1, -0.05) is 0 Å². The Morgan fingerprint density at radius 2 is 2.58 bits per heavy atom. The van der Waals surface area contributed by atoms with Gasteiger partial charge in [0.2, 0.25) is 0 Å². The lowest BCUT2D eigenvalue weighted by Gasteiger charge is -2.13. The van der Waals surface area contributed by atoms with E-state index < -0.39 is 0 Å². The summed E-state index contributed by atoms with van der Waals surface area (Å²) < 4.78 is 7.42. The molecule has 0 atom stereocenters. The molecule has 1 aliphatic rings. The van der Waals surface area contributed by atoms with Crippen LogP contribution in [0.5, 0.6) is 0 Å². The van der Waals surface area contributed by atoms with E-state index >= 15 is 0 Å². The van der Waals surface area contributed by atoms with Crippen molar-refractivity contribution in [1.29, 1.82) is 0 Å². The summed E-state index contributed by atoms with van der Waals surface area (Å²) >= 11 is 0. The summed E-state index contributed by atoms with van der Waals surface area (Å²) in [6, 6.07) is 0. The number of nitrogens with zero attached hydrogens (tertiary/aromatic N) is 2. The largest absolute Gasteiger partial charge is 0.372 e. The second-order valence-electron chi connectivity index (χ2n) is 2.93. The summed E-state index contributed by atoms with van der Waals surface area (Å²) in [6.07, 6.45) is 2.94. The van der Waals surface area contributed by atoms with E-state index in [1.54, 1.807) is 0 Å². The maximum atomic E-state index is 5.44. The molecule has 12 heavy (non-hydrogen) atoms. The number of ether oxygens (including phenoxy) is 1. The molecular formula is C8H13N3O. The smallest absolute Gasteiger partial charge is 0.135 e. The van der Waals surface area contributed by atoms with E-state index in [0.717, 1.165) is 31.1 Å². The molecule has 66 valence electrons. The van der Waals surface area contributed by atoms with Crippen molar-refractivity contribution >= 4 is 0 Å². The minimum Gasteiger partial charge on any atom is -0.372 e. The van der Waals surface area contributed by atoms with Gasteiger partial charge in [0.05, 0.1) is 12.3 Å². The molecule has 0 radical (unpaired) electrons. The lowest BCUT2D eigenvalue weighted by Crippen LogP contribution is -2.15. The number of fused-ring (bicyclic) bond motifs is 1. The summed E-state index contributed by atoms with van der Waals surface area (Å²) in [5.74, 6) is 1.03. The molecule has 4 heteroatoms. The molecule has 0 aliphatic carbocycles. The van der Waals surface area contributed by atoms with Crippen LogP contribution in [-0.2, 0) is 24.3 Å². The zero-order valence-corrected chi connectivity index (χ0v) is 6.99. The second kappa shape index (κ2) is 3.25. The Morgan fingerprint density at radius 3 is 3.33 bits per heavy atom. The van der Waals surface area contributed by atoms with Crippen molar-refractivity contribution in [2.45, 2.75) is 19.6 Å². The van der Waals surface area contributed by atoms with Crippen LogP contribution in [0.15, 0.2) is 6.20 Å². The average Bonchev–Trinajstić information content (AvgIpc) is 2.47. The third-order valence-electron chi connectivity index (χ3n) is 2.02. The van der Waals surface area contributed by atoms with Crippen LogP contribution in [0.3, 0.4) is 0 Å². The van der Waals surface area contributed by atoms with E-state index in [0.29, 0.717) is 13.2 Å². The first-order valence-corrected chi connectivity index (χ1v) is 4.23. The number of aromatic nitrogens is 2. The molecule has 0 saturated carbocycles. The van der Waals surface area contributed by atoms with E-state index in [1.807, 2.05) is 0 Å². The van der Waals surface area contributed by atoms with Gasteiger partial charge in [-0.15, -0.1) is 0 Å². The van der Waals surface area contributed by atoms with Gasteiger partial charge < -0.3 is 15.0 Å². The molecule has 2 rings (SSSR count). The fourth-order valence-electron chi connectivity index (χ4n) is 1.42. The van der Waals surface area contributed by atoms with Crippen LogP contribution in [0.25, 0.3) is 0 Å². The van der Waals surface area contributed by atoms with E-state index in [-0.39, 0.29) is 0 Å². The molecule has 4 nitrogen and oxygen atoms in total. The minimum atomic E-state index is 0.643. The number of hydrogen-bond acceptors (Lipinski definition) is 3. The zero-order valence-electron chi connectivity index (χ0n) is 6.99. The maximum absolute atomic E-state index is 5.44. The summed E-state index contributed by atoms with van der Waals surface area (Å²) in [5, 5.41) is 0. The van der Waals surface area contributed by atoms with Gasteiger partial charge in [-0.25, -0.2) is 4.98 Å². The quantitative estimate of drug-likeness (QED) is 0.670. The Labute approximate surface area is 71.3 Å². The predicted molar refractivity (Wildman–Crippen MR) is 44.6 cm³/mol. The Kier molecular flexibility index (Phi) is 2.10. The van der Waals surface area contributed by atoms with Gasteiger partial charge in [0.25, 0.3) is 0 Å². The normalized spacial score (nSPS) is 16.1. The summed E-state index contributed by atoms with van der Waals surface area (Å²) in [6.45, 7) is 3.03. The molecule has 1 aromatic rings. The highest BCUT2D eigenvalue weighted by Gasteiger charge is 2.11. The monoisotopic (exact) mass is 167 g/mol. The van der Waals surface area contributed by atoms with Crippen LogP contribution in [0, 0.1) is 0 Å². The summed E-state index contributed by atoms with van der Waals surface area (Å²) in [7, 11) is 0. The van der Waals surface area contributed by atoms with Gasteiger partial charge in [-0.2, -0.15) is 0 Å². The molecule has 0 unspecified atom stereocenters. The molecule has 2 heterocycles. The first-order chi connectivity index (χ1) is 5.90. The number of rotatable bonds is 2. The van der Waals surface area contributed by atoms with E-state index in [1.165, 1.54) is 0 Å². The highest BCUT2D eigenvalue weighted by atomic mass is 16.5. The van der Waals surface area contributed by atoms with Crippen molar-refractivity contribution in [1.82, 2.24) is 9.55 Å². The lowest BCUT2D eigenvalue weighted by atomic mass is 10.3. The molecule has 1 aromatic heterocycles. The van der Waals surface area contributed by atoms with Crippen LogP contribution in [-0.4, -0.2) is 22.7 Å². The molecular weight excluding hydrogens is 154 g/mol. The van der Waals surface area contributed by atoms with Gasteiger partial charge in [-0.05, 0) is 6.54 Å². The highest BCUT2D eigenvalue weighted by Crippen LogP contribution is 2.09. The van der Waals surface area contributed by atoms with E-state index in [2.05, 4.69) is 15.7 Å². The third kappa shape index (κ3) is 1.35. The van der Waals surface area contributed by atoms with Gasteiger partial charge in [-0.3, -0.25) is 0 Å². The molecule has 0 fully saturated rings. The standard InChI is InChI=1S/C8H13N3O/c9-2-1-7-5-11-3-4-12-6-8(11)10-7/h5H,1-4,6,9H2. The van der Waals surface area contributed by atoms with Crippen molar-refractivity contribution in [3.05, 3.63) is 17.7 Å². The number of nitrogens with two attached hydrogens (primary N) is 1. The SMILES string of the molecule is NCCc1cn2c(n1)COCC2. The number of hydrogen-bond donors (Lipinski definition) is 1. The summed E-state index contributed by atoms with van der Waals surface area (Å²) in [4.78, 5) is 4.40. The van der Waals surface area contributed by atoms with E-state index in [4.69, 9.17) is 10.5 Å². The van der Waals surface area contributed by atoms with Crippen molar-refractivity contribution in [2.24, 2.45) is 5.73 Å². The van der Waals surface area contributed by atoms with Gasteiger partial charge >= 0.3 is 0 Å². The van der Waals surface area contributed by atoms with Gasteiger partial charge in [0, 0.05) is 19.2 Å². The zero-order chi connectivity index (χ0) is 8.39. The first kappa shape index (κ1) is 7.76. The minimum absolute atomic E-state index is 0.643. The lowest BCUT2D eigenvalue weighted by molar-refractivity contribution is 0.0816. The van der Waals surface area contributed by atoms with Gasteiger partial charge in [0.15, 0.2) is 0 Å². The average molecular weight is 167 g/mol. The second-order valence-corrected chi connectivity index (χ2v) is 2.93.